The van der Waals surface area contributed by atoms with Crippen molar-refractivity contribution in [3.63, 3.8) is 0 Å². The molecule has 1 aliphatic heterocycles. The van der Waals surface area contributed by atoms with Gasteiger partial charge in [0.1, 0.15) is 0 Å². The minimum Gasteiger partial charge on any atom is -0.481 e. The molecule has 0 spiro atoms. The van der Waals surface area contributed by atoms with Gasteiger partial charge in [0.15, 0.2) is 0 Å². The number of carbonyl (C=O) groups is 1. The van der Waals surface area contributed by atoms with Crippen LogP contribution in [0.5, 0.6) is 0 Å². The van der Waals surface area contributed by atoms with Gasteiger partial charge in [0.05, 0.1) is 6.42 Å². The van der Waals surface area contributed by atoms with Gasteiger partial charge in [0.25, 0.3) is 0 Å². The Kier molecular flexibility index (Phi) is 4.11. The minimum atomic E-state index is -0.687. The summed E-state index contributed by atoms with van der Waals surface area (Å²) in [6.45, 7) is 2.07. The van der Waals surface area contributed by atoms with Gasteiger partial charge in [-0.25, -0.2) is 0 Å². The molecule has 88 valence electrons. The van der Waals surface area contributed by atoms with Crippen LogP contribution in [-0.2, 0) is 4.79 Å². The van der Waals surface area contributed by atoms with Crippen molar-refractivity contribution < 1.29 is 9.90 Å². The lowest BCUT2D eigenvalue weighted by Gasteiger charge is -2.38. The molecule has 15 heavy (non-hydrogen) atoms. The molecule has 1 unspecified atom stereocenters. The first-order valence-electron chi connectivity index (χ1n) is 5.54. The van der Waals surface area contributed by atoms with Crippen LogP contribution in [0.1, 0.15) is 25.7 Å². The molecule has 0 bridgehead atoms. The van der Waals surface area contributed by atoms with Crippen molar-refractivity contribution in [2.75, 3.05) is 34.2 Å². The summed E-state index contributed by atoms with van der Waals surface area (Å²) >= 11 is 0. The number of aliphatic carboxylic acids is 1. The Balaban J connectivity index is 2.75. The van der Waals surface area contributed by atoms with E-state index in [0.717, 1.165) is 32.4 Å². The van der Waals surface area contributed by atoms with Crippen molar-refractivity contribution in [1.82, 2.24) is 9.80 Å². The van der Waals surface area contributed by atoms with Crippen LogP contribution in [0.15, 0.2) is 0 Å². The second kappa shape index (κ2) is 4.94. The molecule has 1 saturated heterocycles. The number of nitrogens with zero attached hydrogens (tertiary/aromatic N) is 2. The van der Waals surface area contributed by atoms with E-state index in [1.54, 1.807) is 0 Å². The minimum absolute atomic E-state index is 0.142. The lowest BCUT2D eigenvalue weighted by atomic mass is 9.86. The highest BCUT2D eigenvalue weighted by Crippen LogP contribution is 2.30. The maximum absolute atomic E-state index is 10.9. The smallest absolute Gasteiger partial charge is 0.305 e. The summed E-state index contributed by atoms with van der Waals surface area (Å²) < 4.78 is 0. The molecule has 1 rings (SSSR count). The molecule has 0 radical (unpaired) electrons. The molecule has 0 saturated carbocycles. The highest BCUT2D eigenvalue weighted by Gasteiger charge is 2.36. The van der Waals surface area contributed by atoms with Gasteiger partial charge in [-0.15, -0.1) is 0 Å². The highest BCUT2D eigenvalue weighted by molar-refractivity contribution is 5.68. The summed E-state index contributed by atoms with van der Waals surface area (Å²) in [5.74, 6) is -0.687. The van der Waals surface area contributed by atoms with Crippen molar-refractivity contribution in [3.05, 3.63) is 0 Å². The van der Waals surface area contributed by atoms with Crippen molar-refractivity contribution in [1.29, 1.82) is 0 Å². The van der Waals surface area contributed by atoms with Gasteiger partial charge in [-0.2, -0.15) is 0 Å². The lowest BCUT2D eigenvalue weighted by molar-refractivity contribution is -0.140. The Hall–Kier alpha value is -0.610. The molecular formula is C11H22N2O2. The van der Waals surface area contributed by atoms with Crippen LogP contribution >= 0.6 is 0 Å². The first-order chi connectivity index (χ1) is 6.96. The van der Waals surface area contributed by atoms with Gasteiger partial charge < -0.3 is 14.9 Å². The topological polar surface area (TPSA) is 43.8 Å². The molecular weight excluding hydrogens is 192 g/mol. The van der Waals surface area contributed by atoms with Gasteiger partial charge in [-0.05, 0) is 53.5 Å². The molecule has 4 nitrogen and oxygen atoms in total. The summed E-state index contributed by atoms with van der Waals surface area (Å²) in [6.07, 6.45) is 3.27. The van der Waals surface area contributed by atoms with Gasteiger partial charge >= 0.3 is 5.97 Å². The Morgan fingerprint density at radius 1 is 1.40 bits per heavy atom. The third kappa shape index (κ3) is 3.18. The maximum atomic E-state index is 10.9. The average Bonchev–Trinajstić information content (AvgIpc) is 2.28. The zero-order valence-electron chi connectivity index (χ0n) is 9.99. The van der Waals surface area contributed by atoms with E-state index < -0.39 is 5.97 Å². The van der Waals surface area contributed by atoms with Gasteiger partial charge in [0.2, 0.25) is 0 Å². The largest absolute Gasteiger partial charge is 0.481 e. The highest BCUT2D eigenvalue weighted by atomic mass is 16.4. The number of likely N-dealkylation sites (tertiary alicyclic amines) is 1. The fraction of sp³-hybridized carbons (Fsp3) is 0.909. The second-order valence-electron chi connectivity index (χ2n) is 4.85. The number of hydrogen-bond acceptors (Lipinski definition) is 3. The standard InChI is InChI=1S/C11H22N2O2/c1-12(2)11(9-10(14)15)5-4-7-13(3)8-6-11/h4-9H2,1-3H3,(H,14,15). The molecule has 0 aromatic rings. The van der Waals surface area contributed by atoms with Crippen LogP contribution in [0.25, 0.3) is 0 Å². The van der Waals surface area contributed by atoms with Crippen LogP contribution in [0, 0.1) is 0 Å². The molecule has 0 aromatic carbocycles. The van der Waals surface area contributed by atoms with E-state index in [9.17, 15) is 4.79 Å². The number of rotatable bonds is 3. The van der Waals surface area contributed by atoms with Crippen LogP contribution in [0.4, 0.5) is 0 Å². The Morgan fingerprint density at radius 2 is 2.07 bits per heavy atom. The van der Waals surface area contributed by atoms with E-state index in [1.807, 2.05) is 14.1 Å². The average molecular weight is 214 g/mol. The predicted molar refractivity (Wildman–Crippen MR) is 60.0 cm³/mol. The third-order valence-corrected chi connectivity index (χ3v) is 3.57. The first-order valence-corrected chi connectivity index (χ1v) is 5.54. The molecule has 4 heteroatoms. The van der Waals surface area contributed by atoms with E-state index in [4.69, 9.17) is 5.11 Å². The van der Waals surface area contributed by atoms with E-state index in [0.29, 0.717) is 0 Å². The second-order valence-corrected chi connectivity index (χ2v) is 4.85. The summed E-state index contributed by atoms with van der Waals surface area (Å²) in [5.41, 5.74) is -0.142. The molecule has 0 amide bonds. The van der Waals surface area contributed by atoms with Crippen LogP contribution < -0.4 is 0 Å². The maximum Gasteiger partial charge on any atom is 0.305 e. The zero-order valence-corrected chi connectivity index (χ0v) is 9.99. The lowest BCUT2D eigenvalue weighted by Crippen LogP contribution is -2.46. The molecule has 1 N–H and O–H groups in total. The van der Waals surface area contributed by atoms with Gasteiger partial charge in [0, 0.05) is 5.54 Å². The van der Waals surface area contributed by atoms with Gasteiger partial charge in [-0.1, -0.05) is 0 Å². The summed E-state index contributed by atoms with van der Waals surface area (Å²) in [5, 5.41) is 9.00. The van der Waals surface area contributed by atoms with Gasteiger partial charge in [-0.3, -0.25) is 4.79 Å². The molecule has 1 atom stereocenters. The molecule has 1 fully saturated rings. The summed E-state index contributed by atoms with van der Waals surface area (Å²) in [7, 11) is 6.09. The van der Waals surface area contributed by atoms with Crippen LogP contribution in [-0.4, -0.2) is 60.6 Å². The third-order valence-electron chi connectivity index (χ3n) is 3.57. The molecule has 1 aliphatic rings. The molecule has 0 aliphatic carbocycles. The van der Waals surface area contributed by atoms with E-state index in [2.05, 4.69) is 16.8 Å². The number of hydrogen-bond donors (Lipinski definition) is 1. The normalized spacial score (nSPS) is 29.1. The predicted octanol–water partition coefficient (Wildman–Crippen LogP) is 0.877. The molecule has 1 heterocycles. The Morgan fingerprint density at radius 3 is 2.60 bits per heavy atom. The SMILES string of the molecule is CN1CCCC(CC(=O)O)(N(C)C)CC1. The van der Waals surface area contributed by atoms with Crippen molar-refractivity contribution >= 4 is 5.97 Å². The first kappa shape index (κ1) is 12.5. The number of carboxylic acids is 1. The zero-order chi connectivity index (χ0) is 11.5. The summed E-state index contributed by atoms with van der Waals surface area (Å²) in [6, 6.07) is 0. The van der Waals surface area contributed by atoms with Crippen molar-refractivity contribution in [2.24, 2.45) is 0 Å². The van der Waals surface area contributed by atoms with E-state index in [1.165, 1.54) is 0 Å². The Bertz CT molecular complexity index is 231. The fourth-order valence-electron chi connectivity index (χ4n) is 2.38. The number of carboxylic acid groups (broad SMARTS) is 1. The van der Waals surface area contributed by atoms with E-state index in [-0.39, 0.29) is 12.0 Å². The Labute approximate surface area is 91.9 Å². The van der Waals surface area contributed by atoms with E-state index >= 15 is 0 Å². The van der Waals surface area contributed by atoms with Crippen LogP contribution in [0.3, 0.4) is 0 Å². The van der Waals surface area contributed by atoms with Crippen molar-refractivity contribution in [3.8, 4) is 0 Å². The fourth-order valence-corrected chi connectivity index (χ4v) is 2.38. The van der Waals surface area contributed by atoms with Crippen molar-refractivity contribution in [2.45, 2.75) is 31.2 Å². The quantitative estimate of drug-likeness (QED) is 0.757. The summed E-state index contributed by atoms with van der Waals surface area (Å²) in [4.78, 5) is 15.3. The van der Waals surface area contributed by atoms with Crippen LogP contribution in [0.2, 0.25) is 0 Å². The molecule has 0 aromatic heterocycles. The monoisotopic (exact) mass is 214 g/mol.